The van der Waals surface area contributed by atoms with Crippen molar-refractivity contribution in [3.05, 3.63) is 78.9 Å². The third-order valence-corrected chi connectivity index (χ3v) is 6.87. The second-order valence-electron chi connectivity index (χ2n) is 7.90. The zero-order valence-corrected chi connectivity index (χ0v) is 20.4. The summed E-state index contributed by atoms with van der Waals surface area (Å²) in [5.74, 6) is -1.22. The van der Waals surface area contributed by atoms with Crippen molar-refractivity contribution >= 4 is 34.7 Å². The molecule has 14 heteroatoms. The van der Waals surface area contributed by atoms with E-state index in [1.165, 1.54) is 36.6 Å². The lowest BCUT2D eigenvalue weighted by Gasteiger charge is -2.36. The van der Waals surface area contributed by atoms with Crippen molar-refractivity contribution in [2.24, 2.45) is 4.99 Å². The number of halogens is 2. The number of hydrogen-bond acceptors (Lipinski definition) is 11. The summed E-state index contributed by atoms with van der Waals surface area (Å²) in [6.07, 6.45) is 1.64. The molecule has 4 heterocycles. The molecule has 0 amide bonds. The number of benzene rings is 1. The number of morpholine rings is 1. The van der Waals surface area contributed by atoms with E-state index in [1.807, 2.05) is 4.90 Å². The lowest BCUT2D eigenvalue weighted by atomic mass is 9.95. The van der Waals surface area contributed by atoms with Crippen LogP contribution in [0.5, 0.6) is 0 Å². The predicted octanol–water partition coefficient (Wildman–Crippen LogP) is 2.20. The smallest absolute Gasteiger partial charge is 0.434 e. The Kier molecular flexibility index (Phi) is 6.96. The molecular formula is C22H20ClFN6O5S. The van der Waals surface area contributed by atoms with Gasteiger partial charge in [-0.2, -0.15) is 0 Å². The number of aromatic nitrogens is 3. The number of ether oxygens (including phenoxy) is 2. The monoisotopic (exact) mass is 534 g/mol. The van der Waals surface area contributed by atoms with Gasteiger partial charge in [-0.1, -0.05) is 17.7 Å². The minimum Gasteiger partial charge on any atom is -0.466 e. The Morgan fingerprint density at radius 3 is 2.97 bits per heavy atom. The fourth-order valence-electron chi connectivity index (χ4n) is 4.11. The fraction of sp³-hybridized carbons (Fsp3) is 0.318. The molecule has 1 fully saturated rings. The Hall–Kier alpha value is -3.39. The van der Waals surface area contributed by atoms with Crippen LogP contribution in [0.2, 0.25) is 5.02 Å². The number of hydrogen-bond donors (Lipinski definition) is 2. The van der Waals surface area contributed by atoms with Gasteiger partial charge in [-0.05, 0) is 12.1 Å². The number of amidine groups is 1. The summed E-state index contributed by atoms with van der Waals surface area (Å²) < 4.78 is 29.7. The number of methoxy groups -OCH3 is 1. The van der Waals surface area contributed by atoms with Crippen LogP contribution in [0.25, 0.3) is 0 Å². The highest BCUT2D eigenvalue weighted by molar-refractivity contribution is 7.11. The molecule has 0 saturated carbocycles. The van der Waals surface area contributed by atoms with E-state index in [0.717, 1.165) is 0 Å². The van der Waals surface area contributed by atoms with Gasteiger partial charge in [0.2, 0.25) is 5.89 Å². The largest absolute Gasteiger partial charge is 0.466 e. The van der Waals surface area contributed by atoms with Gasteiger partial charge in [-0.25, -0.2) is 24.1 Å². The topological polar surface area (TPSA) is 135 Å². The molecule has 2 N–H and O–H groups in total. The van der Waals surface area contributed by atoms with E-state index < -0.39 is 29.6 Å². The molecule has 0 bridgehead atoms. The van der Waals surface area contributed by atoms with Gasteiger partial charge in [0.05, 0.1) is 25.9 Å². The van der Waals surface area contributed by atoms with Crippen LogP contribution in [-0.2, 0) is 14.3 Å². The number of thiazole rings is 1. The highest BCUT2D eigenvalue weighted by Gasteiger charge is 2.37. The van der Waals surface area contributed by atoms with Crippen molar-refractivity contribution in [2.45, 2.75) is 12.1 Å². The van der Waals surface area contributed by atoms with Crippen molar-refractivity contribution in [3.63, 3.8) is 0 Å². The van der Waals surface area contributed by atoms with Crippen LogP contribution in [0.4, 0.5) is 4.39 Å². The maximum atomic E-state index is 13.8. The maximum Gasteiger partial charge on any atom is 0.434 e. The molecule has 0 spiro atoms. The van der Waals surface area contributed by atoms with Crippen LogP contribution in [-0.4, -0.2) is 65.3 Å². The third kappa shape index (κ3) is 4.82. The maximum absolute atomic E-state index is 13.8. The van der Waals surface area contributed by atoms with Gasteiger partial charge in [-0.3, -0.25) is 9.89 Å². The Morgan fingerprint density at radius 2 is 2.28 bits per heavy atom. The second-order valence-corrected chi connectivity index (χ2v) is 9.21. The number of nitrogens with one attached hydrogen (secondary N) is 2. The van der Waals surface area contributed by atoms with E-state index in [9.17, 15) is 14.0 Å². The SMILES string of the molecule is COC(=O)C1=C(CN2CCOC[C@H]2c2n[nH]c(=O)o2)NC(c2nccs2)=N[C@H]1c1ccc(F)cc1Cl. The summed E-state index contributed by atoms with van der Waals surface area (Å²) >= 11 is 7.76. The second kappa shape index (κ2) is 10.3. The standard InChI is InChI=1S/C22H20ClFN6O5S/c1-33-21(31)16-14(9-30-5-6-34-10-15(30)19-28-29-22(32)35-19)26-18(20-25-4-7-36-20)27-17(16)12-3-2-11(24)8-13(12)23/h2-4,7-8,15,17H,5-6,9-10H2,1H3,(H,26,27)(H,29,32)/t15-,17-/m0/s1. The number of aromatic amines is 1. The molecule has 1 aromatic carbocycles. The molecule has 2 atom stereocenters. The van der Waals surface area contributed by atoms with E-state index in [4.69, 9.17) is 30.5 Å². The van der Waals surface area contributed by atoms with Crippen molar-refractivity contribution in [2.75, 3.05) is 33.4 Å². The Balaban J connectivity index is 1.60. The summed E-state index contributed by atoms with van der Waals surface area (Å²) in [5.41, 5.74) is 1.13. The number of nitrogens with zero attached hydrogens (tertiary/aromatic N) is 4. The van der Waals surface area contributed by atoms with Crippen LogP contribution in [0.1, 0.15) is 28.5 Å². The molecular weight excluding hydrogens is 515 g/mol. The minimum absolute atomic E-state index is 0.118. The molecule has 0 radical (unpaired) electrons. The first-order valence-corrected chi connectivity index (χ1v) is 12.1. The first kappa shape index (κ1) is 24.3. The number of aliphatic imine (C=N–C) groups is 1. The van der Waals surface area contributed by atoms with E-state index in [0.29, 0.717) is 35.3 Å². The zero-order chi connectivity index (χ0) is 25.2. The van der Waals surface area contributed by atoms with E-state index >= 15 is 0 Å². The first-order chi connectivity index (χ1) is 17.4. The molecule has 1 saturated heterocycles. The van der Waals surface area contributed by atoms with Gasteiger partial charge < -0.3 is 19.2 Å². The number of rotatable bonds is 6. The summed E-state index contributed by atoms with van der Waals surface area (Å²) in [5, 5.41) is 12.0. The van der Waals surface area contributed by atoms with Gasteiger partial charge in [0.1, 0.15) is 17.9 Å². The van der Waals surface area contributed by atoms with Gasteiger partial charge in [-0.15, -0.1) is 16.4 Å². The molecule has 3 aromatic rings. The van der Waals surface area contributed by atoms with Gasteiger partial charge in [0.15, 0.2) is 10.8 Å². The van der Waals surface area contributed by atoms with E-state index in [1.54, 1.807) is 11.6 Å². The Morgan fingerprint density at radius 1 is 1.42 bits per heavy atom. The molecule has 2 aliphatic rings. The Bertz CT molecular complexity index is 1390. The normalized spacial score (nSPS) is 20.7. The summed E-state index contributed by atoms with van der Waals surface area (Å²) in [6, 6.07) is 2.55. The van der Waals surface area contributed by atoms with Crippen molar-refractivity contribution in [1.29, 1.82) is 0 Å². The highest BCUT2D eigenvalue weighted by Crippen LogP contribution is 2.37. The van der Waals surface area contributed by atoms with Crippen LogP contribution < -0.4 is 11.1 Å². The van der Waals surface area contributed by atoms with Crippen molar-refractivity contribution in [1.82, 2.24) is 25.4 Å². The lowest BCUT2D eigenvalue weighted by molar-refractivity contribution is -0.136. The number of esters is 1. The fourth-order valence-corrected chi connectivity index (χ4v) is 4.97. The minimum atomic E-state index is -0.886. The van der Waals surface area contributed by atoms with Crippen LogP contribution in [0.3, 0.4) is 0 Å². The molecule has 11 nitrogen and oxygen atoms in total. The average Bonchev–Trinajstić information content (AvgIpc) is 3.56. The Labute approximate surface area is 212 Å². The summed E-state index contributed by atoms with van der Waals surface area (Å²) in [7, 11) is 1.27. The van der Waals surface area contributed by atoms with Gasteiger partial charge >= 0.3 is 11.7 Å². The van der Waals surface area contributed by atoms with E-state index in [2.05, 4.69) is 20.5 Å². The number of carbonyl (C=O) groups excluding carboxylic acids is 1. The molecule has 0 unspecified atom stereocenters. The molecule has 2 aromatic heterocycles. The average molecular weight is 535 g/mol. The van der Waals surface area contributed by atoms with E-state index in [-0.39, 0.29) is 29.6 Å². The lowest BCUT2D eigenvalue weighted by Crippen LogP contribution is -2.45. The zero-order valence-electron chi connectivity index (χ0n) is 18.9. The number of H-pyrrole nitrogens is 1. The van der Waals surface area contributed by atoms with Gasteiger partial charge in [0.25, 0.3) is 0 Å². The number of carbonyl (C=O) groups is 1. The molecule has 2 aliphatic heterocycles. The molecule has 36 heavy (non-hydrogen) atoms. The van der Waals surface area contributed by atoms with Crippen LogP contribution >= 0.6 is 22.9 Å². The molecule has 5 rings (SSSR count). The molecule has 188 valence electrons. The van der Waals surface area contributed by atoms with Gasteiger partial charge in [0, 0.05) is 40.9 Å². The molecule has 0 aliphatic carbocycles. The third-order valence-electron chi connectivity index (χ3n) is 5.76. The van der Waals surface area contributed by atoms with Crippen LogP contribution in [0.15, 0.2) is 55.3 Å². The highest BCUT2D eigenvalue weighted by atomic mass is 35.5. The summed E-state index contributed by atoms with van der Waals surface area (Å²) in [4.78, 5) is 35.7. The summed E-state index contributed by atoms with van der Waals surface area (Å²) in [6.45, 7) is 1.32. The predicted molar refractivity (Wildman–Crippen MR) is 127 cm³/mol. The first-order valence-electron chi connectivity index (χ1n) is 10.8. The van der Waals surface area contributed by atoms with Crippen molar-refractivity contribution < 1.29 is 23.1 Å². The van der Waals surface area contributed by atoms with Crippen molar-refractivity contribution in [3.8, 4) is 0 Å². The van der Waals surface area contributed by atoms with Crippen LogP contribution in [0, 0.1) is 5.82 Å². The quantitative estimate of drug-likeness (QED) is 0.456.